The Bertz CT molecular complexity index is 569. The first kappa shape index (κ1) is 14.9. The molecular formula is C20H30O3. The van der Waals surface area contributed by atoms with Crippen LogP contribution in [0.1, 0.15) is 47.0 Å². The molecule has 23 heavy (non-hydrogen) atoms. The molecule has 1 unspecified atom stereocenters. The molecule has 5 rings (SSSR count). The second-order valence-electron chi connectivity index (χ2n) is 9.73. The lowest BCUT2D eigenvalue weighted by Crippen LogP contribution is -2.57. The van der Waals surface area contributed by atoms with Crippen molar-refractivity contribution in [3.05, 3.63) is 12.2 Å². The molecule has 0 aromatic heterocycles. The lowest BCUT2D eigenvalue weighted by Gasteiger charge is -2.58. The van der Waals surface area contributed by atoms with Gasteiger partial charge in [0.1, 0.15) is 18.3 Å². The monoisotopic (exact) mass is 318 g/mol. The Hall–Kier alpha value is -0.380. The van der Waals surface area contributed by atoms with E-state index in [4.69, 9.17) is 9.47 Å². The molecular weight excluding hydrogens is 288 g/mol. The number of hydrogen-bond acceptors (Lipinski definition) is 3. The number of ether oxygens (including phenoxy) is 2. The van der Waals surface area contributed by atoms with Crippen LogP contribution in [-0.4, -0.2) is 35.1 Å². The van der Waals surface area contributed by atoms with E-state index in [0.29, 0.717) is 11.8 Å². The molecule has 0 amide bonds. The van der Waals surface area contributed by atoms with Gasteiger partial charge in [-0.3, -0.25) is 0 Å². The smallest absolute Gasteiger partial charge is 0.117 e. The maximum atomic E-state index is 10.8. The Balaban J connectivity index is 1.35. The van der Waals surface area contributed by atoms with Crippen LogP contribution in [0.3, 0.4) is 0 Å². The van der Waals surface area contributed by atoms with Crippen LogP contribution in [-0.2, 0) is 9.47 Å². The van der Waals surface area contributed by atoms with E-state index in [0.717, 1.165) is 24.2 Å². The van der Waals surface area contributed by atoms with Gasteiger partial charge in [0.2, 0.25) is 0 Å². The van der Waals surface area contributed by atoms with Crippen LogP contribution >= 0.6 is 0 Å². The molecule has 3 saturated carbocycles. The quantitative estimate of drug-likeness (QED) is 0.642. The highest BCUT2D eigenvalue weighted by atomic mass is 16.7. The Kier molecular flexibility index (Phi) is 2.74. The minimum atomic E-state index is -0.161. The number of aliphatic hydroxyl groups is 1. The van der Waals surface area contributed by atoms with Crippen molar-refractivity contribution in [3.63, 3.8) is 0 Å². The highest BCUT2D eigenvalue weighted by Crippen LogP contribution is 2.73. The fourth-order valence-corrected chi connectivity index (χ4v) is 6.91. The van der Waals surface area contributed by atoms with Crippen LogP contribution in [0.25, 0.3) is 0 Å². The highest BCUT2D eigenvalue weighted by Gasteiger charge is 2.72. The fourth-order valence-electron chi connectivity index (χ4n) is 6.91. The third-order valence-corrected chi connectivity index (χ3v) is 8.34. The first-order valence-corrected chi connectivity index (χ1v) is 9.47. The predicted molar refractivity (Wildman–Crippen MR) is 87.8 cm³/mol. The average molecular weight is 318 g/mol. The molecule has 0 radical (unpaired) electrons. The molecule has 3 heteroatoms. The maximum absolute atomic E-state index is 10.8. The van der Waals surface area contributed by atoms with E-state index < -0.39 is 0 Å². The van der Waals surface area contributed by atoms with E-state index in [2.05, 4.69) is 34.3 Å². The van der Waals surface area contributed by atoms with Gasteiger partial charge in [0.15, 0.2) is 0 Å². The van der Waals surface area contributed by atoms with Gasteiger partial charge >= 0.3 is 0 Å². The Morgan fingerprint density at radius 1 is 1.22 bits per heavy atom. The molecule has 5 fully saturated rings. The third kappa shape index (κ3) is 1.72. The topological polar surface area (TPSA) is 45.3 Å². The Morgan fingerprint density at radius 3 is 2.57 bits per heavy atom. The summed E-state index contributed by atoms with van der Waals surface area (Å²) in [5.74, 6) is 3.39. The second-order valence-corrected chi connectivity index (χ2v) is 9.73. The van der Waals surface area contributed by atoms with Crippen LogP contribution in [0, 0.1) is 35.0 Å². The summed E-state index contributed by atoms with van der Waals surface area (Å²) >= 11 is 0. The summed E-state index contributed by atoms with van der Waals surface area (Å²) in [5.41, 5.74) is 1.35. The predicted octanol–water partition coefficient (Wildman–Crippen LogP) is 3.17. The Morgan fingerprint density at radius 2 is 1.91 bits per heavy atom. The molecule has 1 N–H and O–H groups in total. The van der Waals surface area contributed by atoms with Gasteiger partial charge < -0.3 is 14.6 Å². The van der Waals surface area contributed by atoms with Gasteiger partial charge in [-0.2, -0.15) is 0 Å². The fraction of sp³-hybridized carbons (Fsp3) is 0.900. The molecule has 0 aromatic carbocycles. The van der Waals surface area contributed by atoms with E-state index >= 15 is 0 Å². The molecule has 2 heterocycles. The number of aliphatic hydroxyl groups excluding tert-OH is 1. The number of fused-ring (bicyclic) bond motifs is 4. The maximum Gasteiger partial charge on any atom is 0.117 e. The summed E-state index contributed by atoms with van der Waals surface area (Å²) in [6, 6.07) is 0. The summed E-state index contributed by atoms with van der Waals surface area (Å²) in [4.78, 5) is 0. The zero-order valence-electron chi connectivity index (χ0n) is 14.8. The van der Waals surface area contributed by atoms with E-state index in [9.17, 15) is 5.11 Å². The lowest BCUT2D eigenvalue weighted by molar-refractivity contribution is -0.143. The second kappa shape index (κ2) is 4.23. The van der Waals surface area contributed by atoms with Gasteiger partial charge in [0.25, 0.3) is 0 Å². The van der Waals surface area contributed by atoms with Crippen LogP contribution in [0.4, 0.5) is 0 Å². The van der Waals surface area contributed by atoms with Crippen molar-refractivity contribution >= 4 is 0 Å². The first-order chi connectivity index (χ1) is 10.8. The molecule has 0 bridgehead atoms. The van der Waals surface area contributed by atoms with Crippen LogP contribution in [0.2, 0.25) is 0 Å². The molecule has 3 nitrogen and oxygen atoms in total. The molecule has 0 aromatic rings. The van der Waals surface area contributed by atoms with Crippen molar-refractivity contribution in [1.82, 2.24) is 0 Å². The molecule has 3 aliphatic carbocycles. The van der Waals surface area contributed by atoms with Gasteiger partial charge in [0.05, 0.1) is 11.7 Å². The Labute approximate surface area is 139 Å². The van der Waals surface area contributed by atoms with Gasteiger partial charge in [0, 0.05) is 5.41 Å². The van der Waals surface area contributed by atoms with Crippen molar-refractivity contribution in [2.45, 2.75) is 77.0 Å². The highest BCUT2D eigenvalue weighted by molar-refractivity contribution is 5.29. The SMILES string of the molecule is C=C(C1C[C@@H](O)[C@]2(C)[C@H]3CC[C@@H](C)[C@H]3[C@H]12)[C@@H]1O[C@@H]1[C@@H]1OC1(C)C. The molecule has 2 saturated heterocycles. The van der Waals surface area contributed by atoms with Crippen LogP contribution in [0.15, 0.2) is 12.2 Å². The summed E-state index contributed by atoms with van der Waals surface area (Å²) in [5, 5.41) is 10.8. The molecule has 128 valence electrons. The van der Waals surface area contributed by atoms with Gasteiger partial charge in [-0.1, -0.05) is 26.8 Å². The van der Waals surface area contributed by atoms with E-state index in [1.165, 1.54) is 18.4 Å². The summed E-state index contributed by atoms with van der Waals surface area (Å²) in [6.45, 7) is 13.5. The number of epoxide rings is 2. The van der Waals surface area contributed by atoms with Crippen LogP contribution < -0.4 is 0 Å². The third-order valence-electron chi connectivity index (χ3n) is 8.34. The standard InChI is InChI=1S/C20H30O3/c1-9-6-7-12-14(9)15-11(8-13(21)20(12,15)5)10(2)16-17(22-16)18-19(3,4)23-18/h9,11-18,21H,2,6-8H2,1,3-5H3/t9-,11?,12+,13-,14-,15+,16+,17+,18+,20+/m1/s1. The van der Waals surface area contributed by atoms with Gasteiger partial charge in [-0.15, -0.1) is 0 Å². The lowest BCUT2D eigenvalue weighted by atomic mass is 9.46. The van der Waals surface area contributed by atoms with Crippen LogP contribution in [0.5, 0.6) is 0 Å². The number of hydrogen-bond donors (Lipinski definition) is 1. The normalized spacial score (nSPS) is 61.5. The molecule has 5 aliphatic rings. The molecule has 2 aliphatic heterocycles. The zero-order chi connectivity index (χ0) is 16.3. The molecule has 10 atom stereocenters. The zero-order valence-corrected chi connectivity index (χ0v) is 14.8. The average Bonchev–Trinajstić information content (AvgIpc) is 3.32. The molecule has 0 spiro atoms. The van der Waals surface area contributed by atoms with Crippen molar-refractivity contribution in [3.8, 4) is 0 Å². The summed E-state index contributed by atoms with van der Waals surface area (Å²) < 4.78 is 11.7. The van der Waals surface area contributed by atoms with E-state index in [1.807, 2.05) is 0 Å². The van der Waals surface area contributed by atoms with Crippen molar-refractivity contribution in [2.24, 2.45) is 35.0 Å². The summed E-state index contributed by atoms with van der Waals surface area (Å²) in [7, 11) is 0. The summed E-state index contributed by atoms with van der Waals surface area (Å²) in [6.07, 6.45) is 3.98. The van der Waals surface area contributed by atoms with Gasteiger partial charge in [-0.25, -0.2) is 0 Å². The minimum absolute atomic E-state index is 0.0229. The van der Waals surface area contributed by atoms with E-state index in [1.54, 1.807) is 0 Å². The van der Waals surface area contributed by atoms with Gasteiger partial charge in [-0.05, 0) is 61.9 Å². The first-order valence-electron chi connectivity index (χ1n) is 9.47. The van der Waals surface area contributed by atoms with E-state index in [-0.39, 0.29) is 35.4 Å². The van der Waals surface area contributed by atoms with Crippen molar-refractivity contribution in [2.75, 3.05) is 0 Å². The number of rotatable bonds is 3. The van der Waals surface area contributed by atoms with Crippen molar-refractivity contribution in [1.29, 1.82) is 0 Å². The van der Waals surface area contributed by atoms with Crippen molar-refractivity contribution < 1.29 is 14.6 Å². The largest absolute Gasteiger partial charge is 0.393 e. The minimum Gasteiger partial charge on any atom is -0.393 e.